The zero-order valence-electron chi connectivity index (χ0n) is 10.3. The Labute approximate surface area is 101 Å². The van der Waals surface area contributed by atoms with Crippen molar-refractivity contribution in [1.29, 1.82) is 0 Å². The van der Waals surface area contributed by atoms with Gasteiger partial charge in [-0.05, 0) is 12.3 Å². The fourth-order valence-electron chi connectivity index (χ4n) is 1.74. The van der Waals surface area contributed by atoms with E-state index in [0.717, 1.165) is 6.42 Å². The molecule has 1 aliphatic heterocycles. The van der Waals surface area contributed by atoms with Crippen molar-refractivity contribution in [3.8, 4) is 0 Å². The summed E-state index contributed by atoms with van der Waals surface area (Å²) in [7, 11) is 0. The van der Waals surface area contributed by atoms with Gasteiger partial charge in [-0.2, -0.15) is 0 Å². The highest BCUT2D eigenvalue weighted by Crippen LogP contribution is 2.05. The molecule has 0 aromatic rings. The molecule has 0 aromatic carbocycles. The Balaban J connectivity index is 2.48. The van der Waals surface area contributed by atoms with Gasteiger partial charge in [0.05, 0.1) is 12.6 Å². The summed E-state index contributed by atoms with van der Waals surface area (Å²) in [5.41, 5.74) is 0. The minimum atomic E-state index is -0.997. The van der Waals surface area contributed by atoms with Crippen molar-refractivity contribution in [3.05, 3.63) is 0 Å². The lowest BCUT2D eigenvalue weighted by molar-refractivity contribution is -0.137. The molecule has 2 N–H and O–H groups in total. The topological polar surface area (TPSA) is 78.9 Å². The number of carboxylic acid groups (broad SMARTS) is 1. The van der Waals surface area contributed by atoms with Crippen molar-refractivity contribution in [3.63, 3.8) is 0 Å². The van der Waals surface area contributed by atoms with Crippen LogP contribution < -0.4 is 5.32 Å². The lowest BCUT2D eigenvalue weighted by Gasteiger charge is -2.24. The second-order valence-electron chi connectivity index (χ2n) is 4.68. The molecule has 0 saturated carbocycles. The summed E-state index contributed by atoms with van der Waals surface area (Å²) in [5.74, 6) is -0.761. The van der Waals surface area contributed by atoms with Gasteiger partial charge in [-0.3, -0.25) is 4.79 Å². The number of amides is 2. The third-order valence-corrected chi connectivity index (χ3v) is 2.46. The summed E-state index contributed by atoms with van der Waals surface area (Å²) < 4.78 is 5.15. The molecule has 1 rings (SSSR count). The van der Waals surface area contributed by atoms with Crippen molar-refractivity contribution in [2.24, 2.45) is 5.92 Å². The van der Waals surface area contributed by atoms with Crippen LogP contribution in [-0.2, 0) is 9.53 Å². The molecule has 1 heterocycles. The van der Waals surface area contributed by atoms with Gasteiger partial charge >= 0.3 is 12.0 Å². The first-order valence-corrected chi connectivity index (χ1v) is 5.84. The molecule has 0 aromatic heterocycles. The van der Waals surface area contributed by atoms with Gasteiger partial charge in [-0.25, -0.2) is 4.79 Å². The van der Waals surface area contributed by atoms with Crippen molar-refractivity contribution in [1.82, 2.24) is 10.2 Å². The predicted molar refractivity (Wildman–Crippen MR) is 61.8 cm³/mol. The van der Waals surface area contributed by atoms with Gasteiger partial charge in [0.25, 0.3) is 0 Å². The summed E-state index contributed by atoms with van der Waals surface area (Å²) in [5, 5.41) is 11.5. The first-order valence-electron chi connectivity index (χ1n) is 5.84. The van der Waals surface area contributed by atoms with E-state index in [9.17, 15) is 9.59 Å². The minimum Gasteiger partial charge on any atom is -0.480 e. The first kappa shape index (κ1) is 13.8. The summed E-state index contributed by atoms with van der Waals surface area (Å²) in [6.07, 6.45) is 0.786. The number of urea groups is 1. The van der Waals surface area contributed by atoms with E-state index < -0.39 is 5.97 Å². The number of aliphatic carboxylic acids is 1. The van der Waals surface area contributed by atoms with E-state index in [1.54, 1.807) is 0 Å². The second-order valence-corrected chi connectivity index (χ2v) is 4.68. The Morgan fingerprint density at radius 2 is 2.24 bits per heavy atom. The van der Waals surface area contributed by atoms with Gasteiger partial charge in [0.2, 0.25) is 0 Å². The molecule has 1 unspecified atom stereocenters. The predicted octanol–water partition coefficient (Wildman–Crippen LogP) is 0.527. The Hall–Kier alpha value is -1.30. The molecule has 1 aliphatic rings. The molecule has 0 radical (unpaired) electrons. The number of hydrogen-bond acceptors (Lipinski definition) is 3. The fourth-order valence-corrected chi connectivity index (χ4v) is 1.74. The Morgan fingerprint density at radius 3 is 2.71 bits per heavy atom. The molecular weight excluding hydrogens is 224 g/mol. The zero-order valence-corrected chi connectivity index (χ0v) is 10.3. The highest BCUT2D eigenvalue weighted by atomic mass is 16.5. The van der Waals surface area contributed by atoms with Crippen LogP contribution in [0, 0.1) is 5.92 Å². The van der Waals surface area contributed by atoms with Crippen LogP contribution in [0.15, 0.2) is 0 Å². The molecule has 2 amide bonds. The third-order valence-electron chi connectivity index (χ3n) is 2.46. The molecule has 1 saturated heterocycles. The number of carbonyl (C=O) groups is 2. The Kier molecular flexibility index (Phi) is 5.21. The second kappa shape index (κ2) is 6.44. The van der Waals surface area contributed by atoms with Crippen LogP contribution >= 0.6 is 0 Å². The van der Waals surface area contributed by atoms with Gasteiger partial charge in [0, 0.05) is 13.2 Å². The van der Waals surface area contributed by atoms with Crippen LogP contribution in [0.1, 0.15) is 20.3 Å². The molecule has 0 spiro atoms. The molecule has 1 fully saturated rings. The molecule has 6 heteroatoms. The molecule has 0 bridgehead atoms. The molecule has 98 valence electrons. The minimum absolute atomic E-state index is 0.00552. The van der Waals surface area contributed by atoms with Gasteiger partial charge in [0.1, 0.15) is 6.54 Å². The summed E-state index contributed by atoms with van der Waals surface area (Å²) in [4.78, 5) is 23.9. The number of nitrogens with one attached hydrogen (secondary N) is 1. The maximum Gasteiger partial charge on any atom is 0.323 e. The van der Waals surface area contributed by atoms with Crippen LogP contribution in [0.25, 0.3) is 0 Å². The molecule has 6 nitrogen and oxygen atoms in total. The van der Waals surface area contributed by atoms with Crippen molar-refractivity contribution in [2.75, 3.05) is 26.3 Å². The Bertz CT molecular complexity index is 275. The van der Waals surface area contributed by atoms with Crippen LogP contribution in [-0.4, -0.2) is 54.4 Å². The number of ether oxygens (including phenoxy) is 1. The SMILES string of the molecule is CC(C)CN(CC(=O)O)C(=O)NC1CCOC1. The van der Waals surface area contributed by atoms with Crippen LogP contribution in [0.2, 0.25) is 0 Å². The van der Waals surface area contributed by atoms with E-state index in [1.807, 2.05) is 13.8 Å². The maximum absolute atomic E-state index is 11.9. The van der Waals surface area contributed by atoms with E-state index in [1.165, 1.54) is 4.90 Å². The number of carbonyl (C=O) groups excluding carboxylic acids is 1. The van der Waals surface area contributed by atoms with Crippen molar-refractivity contribution < 1.29 is 19.4 Å². The largest absolute Gasteiger partial charge is 0.480 e. The third kappa shape index (κ3) is 5.04. The lowest BCUT2D eigenvalue weighted by Crippen LogP contribution is -2.48. The number of hydrogen-bond donors (Lipinski definition) is 2. The fraction of sp³-hybridized carbons (Fsp3) is 0.818. The standard InChI is InChI=1S/C11H20N2O4/c1-8(2)5-13(6-10(14)15)11(16)12-9-3-4-17-7-9/h8-9H,3-7H2,1-2H3,(H,12,16)(H,14,15). The quantitative estimate of drug-likeness (QED) is 0.739. The molecule has 1 atom stereocenters. The van der Waals surface area contributed by atoms with Gasteiger partial charge in [-0.15, -0.1) is 0 Å². The maximum atomic E-state index is 11.9. The highest BCUT2D eigenvalue weighted by Gasteiger charge is 2.23. The number of rotatable bonds is 5. The molecular formula is C11H20N2O4. The van der Waals surface area contributed by atoms with Crippen molar-refractivity contribution in [2.45, 2.75) is 26.3 Å². The smallest absolute Gasteiger partial charge is 0.323 e. The highest BCUT2D eigenvalue weighted by molar-refractivity contribution is 5.80. The Morgan fingerprint density at radius 1 is 1.53 bits per heavy atom. The monoisotopic (exact) mass is 244 g/mol. The van der Waals surface area contributed by atoms with Crippen LogP contribution in [0.4, 0.5) is 4.79 Å². The van der Waals surface area contributed by atoms with Gasteiger partial charge in [0.15, 0.2) is 0 Å². The van der Waals surface area contributed by atoms with Gasteiger partial charge < -0.3 is 20.1 Å². The van der Waals surface area contributed by atoms with Gasteiger partial charge in [-0.1, -0.05) is 13.8 Å². The van der Waals surface area contributed by atoms with Crippen LogP contribution in [0.5, 0.6) is 0 Å². The molecule has 0 aliphatic carbocycles. The number of carboxylic acids is 1. The lowest BCUT2D eigenvalue weighted by atomic mass is 10.2. The van der Waals surface area contributed by atoms with E-state index in [2.05, 4.69) is 5.32 Å². The van der Waals surface area contributed by atoms with Crippen LogP contribution in [0.3, 0.4) is 0 Å². The zero-order chi connectivity index (χ0) is 12.8. The van der Waals surface area contributed by atoms with E-state index in [0.29, 0.717) is 19.8 Å². The summed E-state index contributed by atoms with van der Waals surface area (Å²) in [6, 6.07) is -0.317. The molecule has 17 heavy (non-hydrogen) atoms. The van der Waals surface area contributed by atoms with E-state index >= 15 is 0 Å². The summed E-state index contributed by atoms with van der Waals surface area (Å²) >= 11 is 0. The summed E-state index contributed by atoms with van der Waals surface area (Å²) in [6.45, 7) is 5.22. The van der Waals surface area contributed by atoms with E-state index in [-0.39, 0.29) is 24.5 Å². The normalized spacial score (nSPS) is 19.4. The average molecular weight is 244 g/mol. The number of nitrogens with zero attached hydrogens (tertiary/aromatic N) is 1. The first-order chi connectivity index (χ1) is 7.99. The van der Waals surface area contributed by atoms with Crippen molar-refractivity contribution >= 4 is 12.0 Å². The average Bonchev–Trinajstić information content (AvgIpc) is 2.67. The van der Waals surface area contributed by atoms with E-state index in [4.69, 9.17) is 9.84 Å².